The summed E-state index contributed by atoms with van der Waals surface area (Å²) in [5, 5.41) is 13.0. The molecule has 0 amide bonds. The Bertz CT molecular complexity index is 969. The molecule has 1 saturated heterocycles. The molecule has 0 spiro atoms. The average Bonchev–Trinajstić information content (AvgIpc) is 3.17. The molecule has 0 atom stereocenters. The fourth-order valence-electron chi connectivity index (χ4n) is 3.71. The first kappa shape index (κ1) is 13.7. The number of fused-ring (bicyclic) bond motifs is 2. The monoisotopic (exact) mass is 322 g/mol. The molecule has 0 radical (unpaired) electrons. The Morgan fingerprint density at radius 1 is 1.17 bits per heavy atom. The first-order valence-corrected chi connectivity index (χ1v) is 8.42. The van der Waals surface area contributed by atoms with E-state index >= 15 is 0 Å². The zero-order valence-electron chi connectivity index (χ0n) is 13.3. The van der Waals surface area contributed by atoms with Crippen LogP contribution in [0.1, 0.15) is 17.7 Å². The van der Waals surface area contributed by atoms with E-state index < -0.39 is 0 Å². The molecule has 3 aromatic rings. The van der Waals surface area contributed by atoms with Gasteiger partial charge in [0.05, 0.1) is 12.2 Å². The van der Waals surface area contributed by atoms with Crippen LogP contribution in [0.15, 0.2) is 35.3 Å². The molecule has 0 aromatic carbocycles. The number of nitrogens with zero attached hydrogens (tertiary/aromatic N) is 6. The maximum Gasteiger partial charge on any atom is 0.267 e. The molecule has 0 saturated carbocycles. The highest BCUT2D eigenvalue weighted by Crippen LogP contribution is 2.24. The third-order valence-electron chi connectivity index (χ3n) is 4.99. The van der Waals surface area contributed by atoms with E-state index in [1.54, 1.807) is 10.7 Å². The van der Waals surface area contributed by atoms with Gasteiger partial charge in [0.2, 0.25) is 5.95 Å². The molecule has 7 nitrogen and oxygen atoms in total. The molecule has 2 aliphatic rings. The topological polar surface area (TPSA) is 68.3 Å². The maximum atomic E-state index is 12.2. The summed E-state index contributed by atoms with van der Waals surface area (Å²) in [7, 11) is 0. The van der Waals surface area contributed by atoms with Gasteiger partial charge in [0.25, 0.3) is 5.56 Å². The van der Waals surface area contributed by atoms with Crippen LogP contribution in [0.2, 0.25) is 0 Å². The second-order valence-corrected chi connectivity index (χ2v) is 6.69. The van der Waals surface area contributed by atoms with Crippen molar-refractivity contribution in [3.05, 3.63) is 52.1 Å². The molecule has 7 heteroatoms. The molecular formula is C17H18N6O. The lowest BCUT2D eigenvalue weighted by molar-refractivity contribution is 0.329. The van der Waals surface area contributed by atoms with Crippen molar-refractivity contribution in [1.82, 2.24) is 24.4 Å². The van der Waals surface area contributed by atoms with Crippen molar-refractivity contribution in [2.45, 2.75) is 25.8 Å². The average molecular weight is 322 g/mol. The Morgan fingerprint density at radius 2 is 2.08 bits per heavy atom. The van der Waals surface area contributed by atoms with Crippen molar-refractivity contribution < 1.29 is 0 Å². The lowest BCUT2D eigenvalue weighted by Gasteiger charge is -2.39. The van der Waals surface area contributed by atoms with Crippen molar-refractivity contribution in [3.8, 4) is 0 Å². The van der Waals surface area contributed by atoms with Crippen molar-refractivity contribution in [3.63, 3.8) is 0 Å². The van der Waals surface area contributed by atoms with E-state index in [1.807, 2.05) is 28.8 Å². The van der Waals surface area contributed by atoms with Crippen molar-refractivity contribution in [2.24, 2.45) is 5.92 Å². The number of aromatic nitrogens is 5. The van der Waals surface area contributed by atoms with Crippen LogP contribution in [0.5, 0.6) is 0 Å². The summed E-state index contributed by atoms with van der Waals surface area (Å²) in [6, 6.07) is 7.66. The number of aryl methyl sites for hydroxylation is 2. The number of rotatable bonds is 3. The van der Waals surface area contributed by atoms with Gasteiger partial charge in [-0.2, -0.15) is 5.10 Å². The molecule has 0 N–H and O–H groups in total. The normalized spacial score (nSPS) is 17.2. The first-order valence-electron chi connectivity index (χ1n) is 8.42. The van der Waals surface area contributed by atoms with E-state index in [0.29, 0.717) is 12.5 Å². The lowest BCUT2D eigenvalue weighted by atomic mass is 10.0. The van der Waals surface area contributed by atoms with Crippen LogP contribution in [0.3, 0.4) is 0 Å². The van der Waals surface area contributed by atoms with Crippen LogP contribution in [0.25, 0.3) is 5.65 Å². The van der Waals surface area contributed by atoms with Gasteiger partial charge in [0.1, 0.15) is 0 Å². The zero-order valence-corrected chi connectivity index (χ0v) is 13.3. The predicted octanol–water partition coefficient (Wildman–Crippen LogP) is 0.911. The zero-order chi connectivity index (χ0) is 16.1. The number of hydrogen-bond donors (Lipinski definition) is 0. The minimum Gasteiger partial charge on any atom is -0.340 e. The predicted molar refractivity (Wildman–Crippen MR) is 89.2 cm³/mol. The van der Waals surface area contributed by atoms with Crippen LogP contribution in [-0.4, -0.2) is 37.5 Å². The molecule has 4 heterocycles. The highest BCUT2D eigenvalue weighted by atomic mass is 16.1. The van der Waals surface area contributed by atoms with Gasteiger partial charge in [-0.25, -0.2) is 4.68 Å². The Balaban J connectivity index is 1.31. The molecular weight excluding hydrogens is 304 g/mol. The van der Waals surface area contributed by atoms with Crippen LogP contribution in [-0.2, 0) is 19.4 Å². The molecule has 5 rings (SSSR count). The second kappa shape index (κ2) is 5.15. The fourth-order valence-corrected chi connectivity index (χ4v) is 3.71. The highest BCUT2D eigenvalue weighted by Gasteiger charge is 2.31. The molecule has 24 heavy (non-hydrogen) atoms. The molecule has 3 aromatic heterocycles. The summed E-state index contributed by atoms with van der Waals surface area (Å²) >= 11 is 0. The molecule has 1 fully saturated rings. The maximum absolute atomic E-state index is 12.2. The first-order chi connectivity index (χ1) is 11.8. The quantitative estimate of drug-likeness (QED) is 0.717. The van der Waals surface area contributed by atoms with Gasteiger partial charge in [-0.15, -0.1) is 10.2 Å². The van der Waals surface area contributed by atoms with Gasteiger partial charge in [-0.05, 0) is 37.0 Å². The molecule has 0 unspecified atom stereocenters. The van der Waals surface area contributed by atoms with E-state index in [0.717, 1.165) is 55.2 Å². The summed E-state index contributed by atoms with van der Waals surface area (Å²) in [5.74, 6) is 1.29. The minimum absolute atomic E-state index is 0.0297. The van der Waals surface area contributed by atoms with E-state index in [2.05, 4.69) is 20.2 Å². The van der Waals surface area contributed by atoms with Gasteiger partial charge in [-0.1, -0.05) is 6.07 Å². The Labute approximate surface area is 138 Å². The molecule has 1 aliphatic carbocycles. The number of pyridine rings is 1. The van der Waals surface area contributed by atoms with E-state index in [1.165, 1.54) is 0 Å². The summed E-state index contributed by atoms with van der Waals surface area (Å²) < 4.78 is 3.64. The fraction of sp³-hybridized carbons (Fsp3) is 0.412. The standard InChI is InChI=1S/C17H18N6O/c24-16-8-13-4-3-5-14(13)20-23(16)11-12-9-21(10-12)17-19-18-15-6-1-2-7-22(15)17/h1-2,6-8,12H,3-5,9-11H2. The largest absolute Gasteiger partial charge is 0.340 e. The second-order valence-electron chi connectivity index (χ2n) is 6.69. The van der Waals surface area contributed by atoms with Crippen LogP contribution in [0, 0.1) is 5.92 Å². The summed E-state index contributed by atoms with van der Waals surface area (Å²) in [4.78, 5) is 14.4. The van der Waals surface area contributed by atoms with Crippen molar-refractivity contribution in [2.75, 3.05) is 18.0 Å². The lowest BCUT2D eigenvalue weighted by Crippen LogP contribution is -2.50. The summed E-state index contributed by atoms with van der Waals surface area (Å²) in [6.45, 7) is 2.43. The molecule has 0 bridgehead atoms. The van der Waals surface area contributed by atoms with Crippen LogP contribution < -0.4 is 10.5 Å². The van der Waals surface area contributed by atoms with Crippen LogP contribution >= 0.6 is 0 Å². The Morgan fingerprint density at radius 3 is 3.00 bits per heavy atom. The summed E-state index contributed by atoms with van der Waals surface area (Å²) in [5.41, 5.74) is 3.13. The Hall–Kier alpha value is -2.70. The van der Waals surface area contributed by atoms with Gasteiger partial charge < -0.3 is 4.90 Å². The van der Waals surface area contributed by atoms with Gasteiger partial charge >= 0.3 is 0 Å². The number of hydrogen-bond acceptors (Lipinski definition) is 5. The molecule has 1 aliphatic heterocycles. The minimum atomic E-state index is 0.0297. The van der Waals surface area contributed by atoms with Gasteiger partial charge in [-0.3, -0.25) is 9.20 Å². The third kappa shape index (κ3) is 2.11. The third-order valence-corrected chi connectivity index (χ3v) is 4.99. The molecule has 122 valence electrons. The van der Waals surface area contributed by atoms with E-state index in [9.17, 15) is 4.79 Å². The van der Waals surface area contributed by atoms with Crippen molar-refractivity contribution >= 4 is 11.6 Å². The van der Waals surface area contributed by atoms with E-state index in [-0.39, 0.29) is 5.56 Å². The van der Waals surface area contributed by atoms with E-state index in [4.69, 9.17) is 0 Å². The van der Waals surface area contributed by atoms with Crippen LogP contribution in [0.4, 0.5) is 5.95 Å². The van der Waals surface area contributed by atoms with Crippen molar-refractivity contribution in [1.29, 1.82) is 0 Å². The summed E-state index contributed by atoms with van der Waals surface area (Å²) in [6.07, 6.45) is 5.08. The highest BCUT2D eigenvalue weighted by molar-refractivity contribution is 5.47. The smallest absolute Gasteiger partial charge is 0.267 e. The SMILES string of the molecule is O=c1cc2c(nn1CC1CN(c3nnc4ccccn34)C1)CCC2. The van der Waals surface area contributed by atoms with Gasteiger partial charge in [0.15, 0.2) is 5.65 Å². The van der Waals surface area contributed by atoms with Gasteiger partial charge in [0, 0.05) is 31.3 Å². The number of anilines is 1. The Kier molecular flexibility index (Phi) is 2.95.